The Hall–Kier alpha value is -3.26. The lowest BCUT2D eigenvalue weighted by Gasteiger charge is -2.40. The van der Waals surface area contributed by atoms with Crippen LogP contribution in [0, 0.1) is 5.92 Å². The van der Waals surface area contributed by atoms with Crippen LogP contribution in [0.4, 0.5) is 0 Å². The Balaban J connectivity index is 1.88. The summed E-state index contributed by atoms with van der Waals surface area (Å²) in [4.78, 5) is 0. The maximum Gasteiger partial charge on any atom is 0.153 e. The molecule has 0 aromatic heterocycles. The first-order valence-corrected chi connectivity index (χ1v) is 9.28. The molecular weight excluding hydrogens is 332 g/mol. The molecule has 2 aliphatic carbocycles. The van der Waals surface area contributed by atoms with E-state index >= 15 is 0 Å². The molecule has 3 aromatic carbocycles. The number of hydrogen-bond acceptors (Lipinski definition) is 2. The molecule has 27 heavy (non-hydrogen) atoms. The van der Waals surface area contributed by atoms with Crippen molar-refractivity contribution in [1.82, 2.24) is 0 Å². The maximum atomic E-state index is 10.3. The zero-order valence-corrected chi connectivity index (χ0v) is 14.8. The van der Waals surface area contributed by atoms with E-state index in [1.54, 1.807) is 6.08 Å². The highest BCUT2D eigenvalue weighted by atomic mass is 16.3. The third-order valence-corrected chi connectivity index (χ3v) is 5.97. The standard InChI is InChI=1S/C25H20O2/c26-23-15-14-18(16-24(23)27)25(17-8-2-1-3-9-17)21-12-6-4-10-19(21)20-11-5-7-13-22(20)25/h1-13,15-16,18,26-27H,14H2. The molecule has 0 radical (unpaired) electrons. The highest BCUT2D eigenvalue weighted by Gasteiger charge is 2.49. The fourth-order valence-corrected chi connectivity index (χ4v) is 4.88. The SMILES string of the molecule is OC1=CCC(C2(c3ccccc3)c3ccccc3-c3ccccc32)C=C1O. The third kappa shape index (κ3) is 2.13. The van der Waals surface area contributed by atoms with Gasteiger partial charge in [-0.15, -0.1) is 0 Å². The van der Waals surface area contributed by atoms with Gasteiger partial charge in [-0.1, -0.05) is 78.9 Å². The summed E-state index contributed by atoms with van der Waals surface area (Å²) in [6.07, 6.45) is 4.21. The zero-order valence-electron chi connectivity index (χ0n) is 14.8. The Morgan fingerprint density at radius 1 is 0.667 bits per heavy atom. The molecule has 0 saturated heterocycles. The van der Waals surface area contributed by atoms with Gasteiger partial charge in [0.1, 0.15) is 0 Å². The van der Waals surface area contributed by atoms with Crippen LogP contribution in [0.2, 0.25) is 0 Å². The van der Waals surface area contributed by atoms with Gasteiger partial charge in [0, 0.05) is 5.92 Å². The summed E-state index contributed by atoms with van der Waals surface area (Å²) >= 11 is 0. The Labute approximate surface area is 158 Å². The number of aliphatic hydroxyl groups excluding tert-OH is 2. The molecule has 0 bridgehead atoms. The van der Waals surface area contributed by atoms with Gasteiger partial charge in [-0.25, -0.2) is 0 Å². The van der Waals surface area contributed by atoms with Gasteiger partial charge in [-0.3, -0.25) is 0 Å². The van der Waals surface area contributed by atoms with Crippen LogP contribution in [0.25, 0.3) is 11.1 Å². The highest BCUT2D eigenvalue weighted by Crippen LogP contribution is 2.57. The van der Waals surface area contributed by atoms with Crippen LogP contribution in [-0.2, 0) is 5.41 Å². The minimum absolute atomic E-state index is 0.000556. The van der Waals surface area contributed by atoms with Gasteiger partial charge in [0.2, 0.25) is 0 Å². The molecule has 0 saturated carbocycles. The first-order valence-electron chi connectivity index (χ1n) is 9.28. The minimum Gasteiger partial charge on any atom is -0.504 e. The first-order chi connectivity index (χ1) is 13.2. The Kier molecular flexibility index (Phi) is 3.48. The van der Waals surface area contributed by atoms with Crippen molar-refractivity contribution in [3.05, 3.63) is 119 Å². The molecule has 2 N–H and O–H groups in total. The zero-order chi connectivity index (χ0) is 18.4. The molecule has 1 atom stereocenters. The molecule has 5 rings (SSSR count). The van der Waals surface area contributed by atoms with E-state index in [4.69, 9.17) is 0 Å². The number of aliphatic hydroxyl groups is 2. The van der Waals surface area contributed by atoms with E-state index in [-0.39, 0.29) is 17.4 Å². The van der Waals surface area contributed by atoms with Crippen molar-refractivity contribution in [2.24, 2.45) is 5.92 Å². The average molecular weight is 352 g/mol. The van der Waals surface area contributed by atoms with Crippen LogP contribution in [-0.4, -0.2) is 10.2 Å². The van der Waals surface area contributed by atoms with Crippen LogP contribution < -0.4 is 0 Å². The van der Waals surface area contributed by atoms with Crippen molar-refractivity contribution < 1.29 is 10.2 Å². The first kappa shape index (κ1) is 16.0. The second kappa shape index (κ2) is 5.88. The van der Waals surface area contributed by atoms with Gasteiger partial charge in [-0.2, -0.15) is 0 Å². The quantitative estimate of drug-likeness (QED) is 0.602. The van der Waals surface area contributed by atoms with Gasteiger partial charge in [0.05, 0.1) is 5.41 Å². The fourth-order valence-electron chi connectivity index (χ4n) is 4.88. The lowest BCUT2D eigenvalue weighted by Crippen LogP contribution is -2.36. The summed E-state index contributed by atoms with van der Waals surface area (Å²) < 4.78 is 0. The van der Waals surface area contributed by atoms with E-state index in [2.05, 4.69) is 72.8 Å². The lowest BCUT2D eigenvalue weighted by atomic mass is 9.62. The third-order valence-electron chi connectivity index (χ3n) is 5.97. The summed E-state index contributed by atoms with van der Waals surface area (Å²) in [6, 6.07) is 27.6. The molecule has 2 nitrogen and oxygen atoms in total. The predicted octanol–water partition coefficient (Wildman–Crippen LogP) is 5.91. The van der Waals surface area contributed by atoms with Crippen molar-refractivity contribution in [2.45, 2.75) is 11.8 Å². The molecule has 1 unspecified atom stereocenters. The van der Waals surface area contributed by atoms with Gasteiger partial charge >= 0.3 is 0 Å². The second-order valence-electron chi connectivity index (χ2n) is 7.25. The summed E-state index contributed by atoms with van der Waals surface area (Å²) in [5.41, 5.74) is 5.78. The molecular formula is C25H20O2. The lowest BCUT2D eigenvalue weighted by molar-refractivity contribution is 0.303. The van der Waals surface area contributed by atoms with Gasteiger partial charge in [-0.05, 0) is 46.4 Å². The molecule has 0 fully saturated rings. The van der Waals surface area contributed by atoms with Crippen LogP contribution in [0.5, 0.6) is 0 Å². The van der Waals surface area contributed by atoms with Gasteiger partial charge < -0.3 is 10.2 Å². The van der Waals surface area contributed by atoms with E-state index < -0.39 is 5.41 Å². The van der Waals surface area contributed by atoms with E-state index in [0.29, 0.717) is 6.42 Å². The summed E-state index contributed by atoms with van der Waals surface area (Å²) in [5, 5.41) is 20.2. The summed E-state index contributed by atoms with van der Waals surface area (Å²) in [5.74, 6) is -0.0713. The smallest absolute Gasteiger partial charge is 0.153 e. The van der Waals surface area contributed by atoms with E-state index in [1.165, 1.54) is 27.8 Å². The largest absolute Gasteiger partial charge is 0.504 e. The Morgan fingerprint density at radius 3 is 1.81 bits per heavy atom. The predicted molar refractivity (Wildman–Crippen MR) is 108 cm³/mol. The van der Waals surface area contributed by atoms with Crippen molar-refractivity contribution in [3.63, 3.8) is 0 Å². The van der Waals surface area contributed by atoms with Crippen molar-refractivity contribution in [1.29, 1.82) is 0 Å². The molecule has 0 heterocycles. The molecule has 2 aliphatic rings. The van der Waals surface area contributed by atoms with Gasteiger partial charge in [0.25, 0.3) is 0 Å². The van der Waals surface area contributed by atoms with E-state index in [1.807, 2.05) is 12.1 Å². The van der Waals surface area contributed by atoms with Crippen molar-refractivity contribution in [3.8, 4) is 11.1 Å². The molecule has 2 heteroatoms. The summed E-state index contributed by atoms with van der Waals surface area (Å²) in [6.45, 7) is 0. The molecule has 0 aliphatic heterocycles. The maximum absolute atomic E-state index is 10.3. The number of fused-ring (bicyclic) bond motifs is 3. The van der Waals surface area contributed by atoms with Crippen LogP contribution >= 0.6 is 0 Å². The molecule has 0 amide bonds. The summed E-state index contributed by atoms with van der Waals surface area (Å²) in [7, 11) is 0. The van der Waals surface area contributed by atoms with E-state index in [9.17, 15) is 10.2 Å². The second-order valence-corrected chi connectivity index (χ2v) is 7.25. The minimum atomic E-state index is -0.403. The van der Waals surface area contributed by atoms with Crippen LogP contribution in [0.1, 0.15) is 23.1 Å². The van der Waals surface area contributed by atoms with E-state index in [0.717, 1.165) is 0 Å². The van der Waals surface area contributed by atoms with Crippen molar-refractivity contribution >= 4 is 0 Å². The van der Waals surface area contributed by atoms with Crippen LogP contribution in [0.15, 0.2) is 103 Å². The number of rotatable bonds is 2. The number of benzene rings is 3. The molecule has 0 spiro atoms. The Morgan fingerprint density at radius 2 is 1.22 bits per heavy atom. The fraction of sp³-hybridized carbons (Fsp3) is 0.120. The van der Waals surface area contributed by atoms with Crippen molar-refractivity contribution in [2.75, 3.05) is 0 Å². The normalized spacial score (nSPS) is 19.6. The van der Waals surface area contributed by atoms with Gasteiger partial charge in [0.15, 0.2) is 11.5 Å². The monoisotopic (exact) mass is 352 g/mol. The molecule has 132 valence electrons. The Bertz CT molecular complexity index is 1030. The van der Waals surface area contributed by atoms with Crippen LogP contribution in [0.3, 0.4) is 0 Å². The topological polar surface area (TPSA) is 40.5 Å². The molecule has 3 aromatic rings. The number of allylic oxidation sites excluding steroid dienone is 2. The highest BCUT2D eigenvalue weighted by molar-refractivity contribution is 5.84. The number of hydrogen-bond donors (Lipinski definition) is 2. The average Bonchev–Trinajstić information content (AvgIpc) is 3.02.